The lowest BCUT2D eigenvalue weighted by atomic mass is 10.1. The van der Waals surface area contributed by atoms with Crippen LogP contribution in [0.2, 0.25) is 0 Å². The van der Waals surface area contributed by atoms with Crippen LogP contribution in [0.4, 0.5) is 10.1 Å². The van der Waals surface area contributed by atoms with Crippen molar-refractivity contribution in [1.82, 2.24) is 5.32 Å². The standard InChI is InChI=1S/C22H27FN2O2/c1-4-17-5-8-19(9-6-17)22(26)24-12-18-7-10-21(20(23)11-18)25-13-15(2)27-16(3)14-25/h5-11,15-16H,4,12-14H2,1-3H3,(H,24,26). The summed E-state index contributed by atoms with van der Waals surface area (Å²) in [7, 11) is 0. The molecule has 27 heavy (non-hydrogen) atoms. The molecule has 0 aliphatic carbocycles. The number of anilines is 1. The Kier molecular flexibility index (Phi) is 6.11. The van der Waals surface area contributed by atoms with Crippen molar-refractivity contribution in [3.05, 3.63) is 65.0 Å². The first-order valence-corrected chi connectivity index (χ1v) is 9.52. The summed E-state index contributed by atoms with van der Waals surface area (Å²) in [5.74, 6) is -0.423. The van der Waals surface area contributed by atoms with E-state index in [1.54, 1.807) is 6.07 Å². The van der Waals surface area contributed by atoms with Crippen molar-refractivity contribution in [1.29, 1.82) is 0 Å². The van der Waals surface area contributed by atoms with Gasteiger partial charge in [0.05, 0.1) is 17.9 Å². The number of carbonyl (C=O) groups excluding carboxylic acids is 1. The molecular formula is C22H27FN2O2. The molecule has 1 amide bonds. The molecule has 1 heterocycles. The predicted molar refractivity (Wildman–Crippen MR) is 106 cm³/mol. The average Bonchev–Trinajstić information content (AvgIpc) is 2.65. The number of rotatable bonds is 5. The second kappa shape index (κ2) is 8.53. The number of aryl methyl sites for hydroxylation is 1. The van der Waals surface area contributed by atoms with Crippen LogP contribution in [0.1, 0.15) is 42.3 Å². The molecule has 1 fully saturated rings. The van der Waals surface area contributed by atoms with Crippen molar-refractivity contribution >= 4 is 11.6 Å². The second-order valence-corrected chi connectivity index (χ2v) is 7.18. The number of carbonyl (C=O) groups is 1. The van der Waals surface area contributed by atoms with Gasteiger partial charge in [-0.05, 0) is 55.7 Å². The third-order valence-electron chi connectivity index (χ3n) is 4.85. The van der Waals surface area contributed by atoms with E-state index >= 15 is 0 Å². The van der Waals surface area contributed by atoms with Crippen LogP contribution in [-0.4, -0.2) is 31.2 Å². The van der Waals surface area contributed by atoms with Crippen molar-refractivity contribution in [2.24, 2.45) is 0 Å². The fraction of sp³-hybridized carbons (Fsp3) is 0.409. The molecule has 5 heteroatoms. The van der Waals surface area contributed by atoms with Crippen molar-refractivity contribution in [3.63, 3.8) is 0 Å². The van der Waals surface area contributed by atoms with E-state index in [1.807, 2.05) is 49.1 Å². The van der Waals surface area contributed by atoms with Gasteiger partial charge in [-0.3, -0.25) is 4.79 Å². The first kappa shape index (κ1) is 19.4. The number of hydrogen-bond acceptors (Lipinski definition) is 3. The number of benzene rings is 2. The third-order valence-corrected chi connectivity index (χ3v) is 4.85. The van der Waals surface area contributed by atoms with Crippen LogP contribution in [0.5, 0.6) is 0 Å². The second-order valence-electron chi connectivity index (χ2n) is 7.18. The zero-order valence-electron chi connectivity index (χ0n) is 16.2. The lowest BCUT2D eigenvalue weighted by Crippen LogP contribution is -2.45. The summed E-state index contributed by atoms with van der Waals surface area (Å²) >= 11 is 0. The van der Waals surface area contributed by atoms with Crippen LogP contribution in [0.3, 0.4) is 0 Å². The molecule has 0 spiro atoms. The number of halogens is 1. The van der Waals surface area contributed by atoms with Crippen LogP contribution in [0.25, 0.3) is 0 Å². The van der Waals surface area contributed by atoms with Crippen LogP contribution in [0.15, 0.2) is 42.5 Å². The molecule has 1 N–H and O–H groups in total. The highest BCUT2D eigenvalue weighted by Crippen LogP contribution is 2.24. The fourth-order valence-corrected chi connectivity index (χ4v) is 3.47. The highest BCUT2D eigenvalue weighted by Gasteiger charge is 2.24. The molecule has 1 aliphatic heterocycles. The van der Waals surface area contributed by atoms with Crippen LogP contribution >= 0.6 is 0 Å². The van der Waals surface area contributed by atoms with Gasteiger partial charge in [-0.25, -0.2) is 4.39 Å². The van der Waals surface area contributed by atoms with Crippen molar-refractivity contribution in [2.45, 2.75) is 45.9 Å². The summed E-state index contributed by atoms with van der Waals surface area (Å²) in [4.78, 5) is 14.3. The Bertz CT molecular complexity index is 781. The number of morpholine rings is 1. The average molecular weight is 370 g/mol. The van der Waals surface area contributed by atoms with Gasteiger partial charge in [0.2, 0.25) is 0 Å². The first-order valence-electron chi connectivity index (χ1n) is 9.52. The Labute approximate surface area is 160 Å². The maximum Gasteiger partial charge on any atom is 0.251 e. The molecule has 0 saturated carbocycles. The minimum absolute atomic E-state index is 0.0752. The molecule has 3 rings (SSSR count). The number of amides is 1. The van der Waals surface area contributed by atoms with E-state index in [9.17, 15) is 9.18 Å². The fourth-order valence-electron chi connectivity index (χ4n) is 3.47. The highest BCUT2D eigenvalue weighted by atomic mass is 19.1. The van der Waals surface area contributed by atoms with E-state index in [2.05, 4.69) is 12.2 Å². The minimum Gasteiger partial charge on any atom is -0.372 e. The van der Waals surface area contributed by atoms with Gasteiger partial charge in [-0.1, -0.05) is 25.1 Å². The topological polar surface area (TPSA) is 41.6 Å². The molecule has 144 valence electrons. The smallest absolute Gasteiger partial charge is 0.251 e. The van der Waals surface area contributed by atoms with Gasteiger partial charge in [-0.15, -0.1) is 0 Å². The van der Waals surface area contributed by atoms with E-state index < -0.39 is 0 Å². The predicted octanol–water partition coefficient (Wildman–Crippen LogP) is 3.93. The van der Waals surface area contributed by atoms with Gasteiger partial charge in [0.15, 0.2) is 0 Å². The molecule has 0 bridgehead atoms. The summed E-state index contributed by atoms with van der Waals surface area (Å²) < 4.78 is 20.3. The molecule has 2 aromatic rings. The molecular weight excluding hydrogens is 343 g/mol. The van der Waals surface area contributed by atoms with Crippen molar-refractivity contribution in [3.8, 4) is 0 Å². The highest BCUT2D eigenvalue weighted by molar-refractivity contribution is 5.94. The molecule has 2 aromatic carbocycles. The lowest BCUT2D eigenvalue weighted by Gasteiger charge is -2.37. The summed E-state index contributed by atoms with van der Waals surface area (Å²) in [5.41, 5.74) is 3.13. The summed E-state index contributed by atoms with van der Waals surface area (Å²) in [6.07, 6.45) is 1.09. The van der Waals surface area contributed by atoms with E-state index in [4.69, 9.17) is 4.74 Å². The van der Waals surface area contributed by atoms with Crippen molar-refractivity contribution in [2.75, 3.05) is 18.0 Å². The van der Waals surface area contributed by atoms with Crippen molar-refractivity contribution < 1.29 is 13.9 Å². The molecule has 4 nitrogen and oxygen atoms in total. The Morgan fingerprint density at radius 3 is 2.33 bits per heavy atom. The third kappa shape index (κ3) is 4.86. The number of hydrogen-bond donors (Lipinski definition) is 1. The normalized spacial score (nSPS) is 19.8. The number of nitrogens with zero attached hydrogens (tertiary/aromatic N) is 1. The Hall–Kier alpha value is -2.40. The van der Waals surface area contributed by atoms with Crippen LogP contribution < -0.4 is 10.2 Å². The summed E-state index contributed by atoms with van der Waals surface area (Å²) in [6, 6.07) is 12.7. The minimum atomic E-state index is -0.268. The quantitative estimate of drug-likeness (QED) is 0.867. The molecule has 1 saturated heterocycles. The van der Waals surface area contributed by atoms with Gasteiger partial charge in [0, 0.05) is 25.2 Å². The molecule has 0 radical (unpaired) electrons. The maximum absolute atomic E-state index is 14.6. The Morgan fingerprint density at radius 2 is 1.74 bits per heavy atom. The molecule has 2 unspecified atom stereocenters. The zero-order chi connectivity index (χ0) is 19.4. The largest absolute Gasteiger partial charge is 0.372 e. The molecule has 2 atom stereocenters. The van der Waals surface area contributed by atoms with Gasteiger partial charge in [-0.2, -0.15) is 0 Å². The van der Waals surface area contributed by atoms with E-state index in [0.717, 1.165) is 12.0 Å². The van der Waals surface area contributed by atoms with Gasteiger partial charge in [0.25, 0.3) is 5.91 Å². The van der Waals surface area contributed by atoms with Crippen LogP contribution in [-0.2, 0) is 17.7 Å². The number of nitrogens with one attached hydrogen (secondary N) is 1. The van der Waals surface area contributed by atoms with Crippen LogP contribution in [0, 0.1) is 5.82 Å². The zero-order valence-corrected chi connectivity index (χ0v) is 16.2. The molecule has 0 aromatic heterocycles. The van der Waals surface area contributed by atoms with E-state index in [1.165, 1.54) is 11.6 Å². The van der Waals surface area contributed by atoms with Gasteiger partial charge >= 0.3 is 0 Å². The van der Waals surface area contributed by atoms with E-state index in [0.29, 0.717) is 30.9 Å². The van der Waals surface area contributed by atoms with Gasteiger partial charge in [0.1, 0.15) is 5.82 Å². The lowest BCUT2D eigenvalue weighted by molar-refractivity contribution is -0.00539. The SMILES string of the molecule is CCc1ccc(C(=O)NCc2ccc(N3CC(C)OC(C)C3)c(F)c2)cc1. The van der Waals surface area contributed by atoms with E-state index in [-0.39, 0.29) is 23.9 Å². The molecule has 1 aliphatic rings. The number of ether oxygens (including phenoxy) is 1. The Balaban J connectivity index is 1.62. The van der Waals surface area contributed by atoms with Gasteiger partial charge < -0.3 is 15.0 Å². The maximum atomic E-state index is 14.6. The first-order chi connectivity index (χ1) is 13.0. The summed E-state index contributed by atoms with van der Waals surface area (Å²) in [6.45, 7) is 7.71. The monoisotopic (exact) mass is 370 g/mol. The Morgan fingerprint density at radius 1 is 1.11 bits per heavy atom. The summed E-state index contributed by atoms with van der Waals surface area (Å²) in [5, 5.41) is 2.85.